The van der Waals surface area contributed by atoms with Gasteiger partial charge in [-0.2, -0.15) is 5.26 Å². The number of carbonyl (C=O) groups is 2. The maximum atomic E-state index is 10.8. The van der Waals surface area contributed by atoms with Crippen molar-refractivity contribution in [1.82, 2.24) is 0 Å². The third kappa shape index (κ3) is 6.36. The van der Waals surface area contributed by atoms with Crippen LogP contribution in [0.25, 0.3) is 0 Å². The number of allylic oxidation sites excluding steroid dienone is 1. The summed E-state index contributed by atoms with van der Waals surface area (Å²) in [5.41, 5.74) is 0. The van der Waals surface area contributed by atoms with Crippen molar-refractivity contribution in [1.29, 1.82) is 5.26 Å². The van der Waals surface area contributed by atoms with Crippen molar-refractivity contribution in [2.75, 3.05) is 0 Å². The van der Waals surface area contributed by atoms with E-state index in [2.05, 4.69) is 6.58 Å². The van der Waals surface area contributed by atoms with Gasteiger partial charge in [0, 0.05) is 6.42 Å². The molecule has 0 saturated carbocycles. The van der Waals surface area contributed by atoms with Gasteiger partial charge in [0.2, 0.25) is 0 Å². The summed E-state index contributed by atoms with van der Waals surface area (Å²) in [5.74, 6) is -4.04. The zero-order chi connectivity index (χ0) is 13.3. The van der Waals surface area contributed by atoms with E-state index >= 15 is 0 Å². The molecule has 0 heterocycles. The molecule has 0 amide bonds. The first-order chi connectivity index (χ1) is 8.02. The first kappa shape index (κ1) is 15.2. The second kappa shape index (κ2) is 8.34. The monoisotopic (exact) mass is 239 g/mol. The van der Waals surface area contributed by atoms with Gasteiger partial charge in [-0.15, -0.1) is 6.58 Å². The lowest BCUT2D eigenvalue weighted by Crippen LogP contribution is -2.26. The van der Waals surface area contributed by atoms with Gasteiger partial charge in [0.25, 0.3) is 0 Å². The summed E-state index contributed by atoms with van der Waals surface area (Å²) in [6.45, 7) is 3.57. The minimum absolute atomic E-state index is 0.0435. The van der Waals surface area contributed by atoms with Gasteiger partial charge in [-0.1, -0.05) is 6.08 Å². The van der Waals surface area contributed by atoms with Crippen LogP contribution in [0.3, 0.4) is 0 Å². The van der Waals surface area contributed by atoms with Crippen LogP contribution in [-0.4, -0.2) is 22.2 Å². The van der Waals surface area contributed by atoms with E-state index < -0.39 is 17.9 Å². The van der Waals surface area contributed by atoms with Crippen LogP contribution in [0, 0.1) is 23.2 Å². The quantitative estimate of drug-likeness (QED) is 0.364. The Morgan fingerprint density at radius 3 is 2.35 bits per heavy atom. The number of aliphatic carboxylic acids is 2. The van der Waals surface area contributed by atoms with Crippen LogP contribution in [0.1, 0.15) is 32.1 Å². The summed E-state index contributed by atoms with van der Waals surface area (Å²) in [6.07, 6.45) is 4.01. The van der Waals surface area contributed by atoms with Crippen molar-refractivity contribution in [3.63, 3.8) is 0 Å². The topological polar surface area (TPSA) is 98.4 Å². The minimum atomic E-state index is -1.37. The molecule has 0 saturated heterocycles. The summed E-state index contributed by atoms with van der Waals surface area (Å²) in [4.78, 5) is 21.5. The molecule has 0 aliphatic rings. The van der Waals surface area contributed by atoms with E-state index in [1.807, 2.05) is 6.07 Å². The Labute approximate surface area is 100 Å². The average Bonchev–Trinajstić information content (AvgIpc) is 2.24. The van der Waals surface area contributed by atoms with Gasteiger partial charge in [0.05, 0.1) is 6.07 Å². The minimum Gasteiger partial charge on any atom is -0.481 e. The Bertz CT molecular complexity index is 305. The normalized spacial score (nSPS) is 11.8. The number of carboxylic acids is 2. The van der Waals surface area contributed by atoms with Crippen LogP contribution in [0.5, 0.6) is 0 Å². The Morgan fingerprint density at radius 2 is 1.94 bits per heavy atom. The highest BCUT2D eigenvalue weighted by molar-refractivity contribution is 5.92. The Hall–Kier alpha value is -1.83. The fraction of sp³-hybridized carbons (Fsp3) is 0.583. The zero-order valence-corrected chi connectivity index (χ0v) is 9.63. The van der Waals surface area contributed by atoms with E-state index in [1.54, 1.807) is 6.08 Å². The van der Waals surface area contributed by atoms with Crippen LogP contribution >= 0.6 is 0 Å². The van der Waals surface area contributed by atoms with Crippen LogP contribution in [-0.2, 0) is 9.59 Å². The summed E-state index contributed by atoms with van der Waals surface area (Å²) in [7, 11) is 0. The van der Waals surface area contributed by atoms with Gasteiger partial charge >= 0.3 is 11.9 Å². The van der Waals surface area contributed by atoms with Crippen molar-refractivity contribution >= 4 is 11.9 Å². The van der Waals surface area contributed by atoms with Crippen LogP contribution < -0.4 is 0 Å². The highest BCUT2D eigenvalue weighted by atomic mass is 16.4. The predicted octanol–water partition coefficient (Wildman–Crippen LogP) is 2.05. The average molecular weight is 239 g/mol. The molecule has 0 spiro atoms. The van der Waals surface area contributed by atoms with E-state index in [0.29, 0.717) is 25.7 Å². The van der Waals surface area contributed by atoms with Crippen molar-refractivity contribution < 1.29 is 19.8 Å². The molecular formula is C12H17NO4. The van der Waals surface area contributed by atoms with E-state index in [9.17, 15) is 9.59 Å². The van der Waals surface area contributed by atoms with Crippen LogP contribution in [0.4, 0.5) is 0 Å². The Morgan fingerprint density at radius 1 is 1.35 bits per heavy atom. The standard InChI is InChI=1S/C12H17NO4/c1-2-5-9(6-3-4-7-13)8-10(11(14)15)12(16)17/h2,9-10H,1,3-6,8H2,(H,14,15)(H,16,17). The molecule has 94 valence electrons. The van der Waals surface area contributed by atoms with Crippen molar-refractivity contribution in [2.24, 2.45) is 11.8 Å². The maximum absolute atomic E-state index is 10.8. The number of rotatable bonds is 9. The highest BCUT2D eigenvalue weighted by Gasteiger charge is 2.28. The van der Waals surface area contributed by atoms with Gasteiger partial charge in [-0.25, -0.2) is 0 Å². The predicted molar refractivity (Wildman–Crippen MR) is 61.1 cm³/mol. The molecule has 0 aromatic carbocycles. The van der Waals surface area contributed by atoms with E-state index in [-0.39, 0.29) is 12.3 Å². The van der Waals surface area contributed by atoms with E-state index in [0.717, 1.165) is 0 Å². The van der Waals surface area contributed by atoms with Gasteiger partial charge in [0.1, 0.15) is 0 Å². The number of nitrogens with zero attached hydrogens (tertiary/aromatic N) is 1. The first-order valence-electron chi connectivity index (χ1n) is 5.46. The molecule has 5 nitrogen and oxygen atoms in total. The Balaban J connectivity index is 4.39. The molecule has 0 aliphatic heterocycles. The summed E-state index contributed by atoms with van der Waals surface area (Å²) < 4.78 is 0. The summed E-state index contributed by atoms with van der Waals surface area (Å²) in [6, 6.07) is 2.01. The third-order valence-corrected chi connectivity index (χ3v) is 2.57. The van der Waals surface area contributed by atoms with Gasteiger partial charge in [-0.3, -0.25) is 9.59 Å². The fourth-order valence-electron chi connectivity index (χ4n) is 1.68. The molecule has 17 heavy (non-hydrogen) atoms. The van der Waals surface area contributed by atoms with Crippen molar-refractivity contribution in [3.8, 4) is 6.07 Å². The van der Waals surface area contributed by atoms with Gasteiger partial charge in [0.15, 0.2) is 5.92 Å². The van der Waals surface area contributed by atoms with Crippen LogP contribution in [0.2, 0.25) is 0 Å². The molecule has 5 heteroatoms. The Kier molecular flexibility index (Phi) is 7.44. The SMILES string of the molecule is C=CCC(CCCC#N)CC(C(=O)O)C(=O)O. The fourth-order valence-corrected chi connectivity index (χ4v) is 1.68. The highest BCUT2D eigenvalue weighted by Crippen LogP contribution is 2.22. The molecular weight excluding hydrogens is 222 g/mol. The second-order valence-electron chi connectivity index (χ2n) is 3.91. The summed E-state index contributed by atoms with van der Waals surface area (Å²) >= 11 is 0. The van der Waals surface area contributed by atoms with Gasteiger partial charge in [-0.05, 0) is 31.6 Å². The smallest absolute Gasteiger partial charge is 0.317 e. The molecule has 0 aliphatic carbocycles. The van der Waals surface area contributed by atoms with Gasteiger partial charge < -0.3 is 10.2 Å². The lowest BCUT2D eigenvalue weighted by atomic mass is 9.88. The van der Waals surface area contributed by atoms with Crippen molar-refractivity contribution in [3.05, 3.63) is 12.7 Å². The zero-order valence-electron chi connectivity index (χ0n) is 9.63. The number of hydrogen-bond acceptors (Lipinski definition) is 3. The molecule has 0 aromatic heterocycles. The molecule has 0 aromatic rings. The van der Waals surface area contributed by atoms with Crippen LogP contribution in [0.15, 0.2) is 12.7 Å². The molecule has 0 bridgehead atoms. The molecule has 0 rings (SSSR count). The van der Waals surface area contributed by atoms with E-state index in [4.69, 9.17) is 15.5 Å². The lowest BCUT2D eigenvalue weighted by molar-refractivity contribution is -0.155. The number of unbranched alkanes of at least 4 members (excludes halogenated alkanes) is 1. The third-order valence-electron chi connectivity index (χ3n) is 2.57. The maximum Gasteiger partial charge on any atom is 0.317 e. The largest absolute Gasteiger partial charge is 0.481 e. The van der Waals surface area contributed by atoms with Crippen molar-refractivity contribution in [2.45, 2.75) is 32.1 Å². The number of hydrogen-bond donors (Lipinski definition) is 2. The second-order valence-corrected chi connectivity index (χ2v) is 3.91. The molecule has 1 unspecified atom stereocenters. The number of nitriles is 1. The molecule has 0 fully saturated rings. The first-order valence-corrected chi connectivity index (χ1v) is 5.46. The molecule has 0 radical (unpaired) electrons. The molecule has 1 atom stereocenters. The lowest BCUT2D eigenvalue weighted by Gasteiger charge is -2.16. The summed E-state index contributed by atoms with van der Waals surface area (Å²) in [5, 5.41) is 26.0. The molecule has 2 N–H and O–H groups in total. The number of carboxylic acid groups (broad SMARTS) is 2. The van der Waals surface area contributed by atoms with E-state index in [1.165, 1.54) is 0 Å².